The molecule has 0 bridgehead atoms. The molecular weight excluding hydrogens is 473 g/mol. The van der Waals surface area contributed by atoms with E-state index < -0.39 is 23.3 Å². The Labute approximate surface area is 189 Å². The molecule has 4 aromatic rings. The van der Waals surface area contributed by atoms with Gasteiger partial charge in [0.1, 0.15) is 11.5 Å². The van der Waals surface area contributed by atoms with E-state index in [1.807, 2.05) is 0 Å². The van der Waals surface area contributed by atoms with Gasteiger partial charge >= 0.3 is 6.18 Å². The van der Waals surface area contributed by atoms with Crippen LogP contribution in [0.25, 0.3) is 28.3 Å². The maximum atomic E-state index is 14.5. The molecule has 2 aromatic heterocycles. The fourth-order valence-electron chi connectivity index (χ4n) is 3.31. The second kappa shape index (κ2) is 8.57. The summed E-state index contributed by atoms with van der Waals surface area (Å²) in [5.41, 5.74) is -1.48. The van der Waals surface area contributed by atoms with Gasteiger partial charge in [0.15, 0.2) is 11.5 Å². The lowest BCUT2D eigenvalue weighted by molar-refractivity contribution is -0.142. The molecule has 2 heterocycles. The van der Waals surface area contributed by atoms with E-state index in [4.69, 9.17) is 32.5 Å². The van der Waals surface area contributed by atoms with Gasteiger partial charge < -0.3 is 9.26 Å². The van der Waals surface area contributed by atoms with Gasteiger partial charge in [0.25, 0.3) is 0 Å². The zero-order valence-corrected chi connectivity index (χ0v) is 17.8. The molecule has 0 aliphatic carbocycles. The summed E-state index contributed by atoms with van der Waals surface area (Å²) in [4.78, 5) is 0. The van der Waals surface area contributed by atoms with Gasteiger partial charge in [-0.15, -0.1) is 0 Å². The lowest BCUT2D eigenvalue weighted by Gasteiger charge is -2.13. The van der Waals surface area contributed by atoms with Crippen molar-refractivity contribution in [3.05, 3.63) is 75.8 Å². The lowest BCUT2D eigenvalue weighted by atomic mass is 10.0. The summed E-state index contributed by atoms with van der Waals surface area (Å²) in [6.45, 7) is -0.210. The lowest BCUT2D eigenvalue weighted by Crippen LogP contribution is -2.14. The van der Waals surface area contributed by atoms with E-state index in [1.165, 1.54) is 43.5 Å². The highest BCUT2D eigenvalue weighted by molar-refractivity contribution is 6.33. The normalized spacial score (nSPS) is 11.8. The SMILES string of the molecule is COCc1c(-c2c(F)cccc2Cl)noc1-c1cnn(-c2cccc(Cl)c2)c1C(F)(F)F. The van der Waals surface area contributed by atoms with Crippen molar-refractivity contribution in [3.8, 4) is 28.3 Å². The molecule has 11 heteroatoms. The smallest absolute Gasteiger partial charge is 0.380 e. The Morgan fingerprint density at radius 1 is 1.12 bits per heavy atom. The van der Waals surface area contributed by atoms with E-state index in [2.05, 4.69) is 10.3 Å². The van der Waals surface area contributed by atoms with Gasteiger partial charge in [-0.05, 0) is 30.3 Å². The molecule has 0 fully saturated rings. The van der Waals surface area contributed by atoms with Gasteiger partial charge in [-0.3, -0.25) is 0 Å². The fraction of sp³-hybridized carbons (Fsp3) is 0.143. The number of hydrogen-bond acceptors (Lipinski definition) is 4. The van der Waals surface area contributed by atoms with Gasteiger partial charge in [0.2, 0.25) is 0 Å². The summed E-state index contributed by atoms with van der Waals surface area (Å²) in [5, 5.41) is 7.98. The summed E-state index contributed by atoms with van der Waals surface area (Å²) in [5.74, 6) is -0.970. The van der Waals surface area contributed by atoms with Crippen molar-refractivity contribution in [1.29, 1.82) is 0 Å². The number of benzene rings is 2. The second-order valence-corrected chi connectivity index (χ2v) is 7.51. The highest BCUT2D eigenvalue weighted by atomic mass is 35.5. The Bertz CT molecular complexity index is 1260. The van der Waals surface area contributed by atoms with E-state index in [0.29, 0.717) is 4.68 Å². The number of alkyl halides is 3. The van der Waals surface area contributed by atoms with Gasteiger partial charge in [-0.2, -0.15) is 18.3 Å². The van der Waals surface area contributed by atoms with Crippen LogP contribution in [0, 0.1) is 5.82 Å². The third-order valence-electron chi connectivity index (χ3n) is 4.61. The van der Waals surface area contributed by atoms with Crippen LogP contribution < -0.4 is 0 Å². The Hall–Kier alpha value is -2.88. The number of ether oxygens (including phenoxy) is 1. The third kappa shape index (κ3) is 3.99. The number of hydrogen-bond donors (Lipinski definition) is 0. The van der Waals surface area contributed by atoms with Crippen molar-refractivity contribution < 1.29 is 26.8 Å². The molecule has 4 rings (SSSR count). The monoisotopic (exact) mass is 485 g/mol. The highest BCUT2D eigenvalue weighted by Gasteiger charge is 2.41. The molecule has 0 radical (unpaired) electrons. The molecule has 5 nitrogen and oxygen atoms in total. The summed E-state index contributed by atoms with van der Waals surface area (Å²) < 4.78 is 68.0. The largest absolute Gasteiger partial charge is 0.434 e. The number of methoxy groups -OCH3 is 1. The molecule has 0 atom stereocenters. The molecule has 0 unspecified atom stereocenters. The van der Waals surface area contributed by atoms with Crippen LogP contribution >= 0.6 is 23.2 Å². The number of nitrogens with zero attached hydrogens (tertiary/aromatic N) is 3. The van der Waals surface area contributed by atoms with Crippen LogP contribution in [0.5, 0.6) is 0 Å². The van der Waals surface area contributed by atoms with Crippen molar-refractivity contribution in [3.63, 3.8) is 0 Å². The highest BCUT2D eigenvalue weighted by Crippen LogP contribution is 2.43. The zero-order valence-electron chi connectivity index (χ0n) is 16.3. The zero-order chi connectivity index (χ0) is 23.0. The first-order valence-corrected chi connectivity index (χ1v) is 9.81. The molecule has 32 heavy (non-hydrogen) atoms. The van der Waals surface area contributed by atoms with Gasteiger partial charge in [-0.1, -0.05) is 40.5 Å². The molecule has 0 aliphatic heterocycles. The maximum Gasteiger partial charge on any atom is 0.434 e. The maximum absolute atomic E-state index is 14.5. The third-order valence-corrected chi connectivity index (χ3v) is 5.16. The van der Waals surface area contributed by atoms with E-state index in [9.17, 15) is 17.6 Å². The standard InChI is InChI=1S/C21H13Cl2F4N3O2/c1-31-10-14-18(17-15(23)6-3-7-16(17)24)29-32-19(14)13-9-28-30(20(13)21(25,26)27)12-5-2-4-11(22)8-12/h2-9H,10H2,1H3. The first kappa shape index (κ1) is 22.3. The molecule has 0 spiro atoms. The van der Waals surface area contributed by atoms with Gasteiger partial charge in [0, 0.05) is 12.1 Å². The Morgan fingerprint density at radius 2 is 1.88 bits per heavy atom. The molecule has 166 valence electrons. The Balaban J connectivity index is 1.96. The topological polar surface area (TPSA) is 53.1 Å². The van der Waals surface area contributed by atoms with Gasteiger partial charge in [0.05, 0.1) is 40.2 Å². The molecule has 0 saturated heterocycles. The average molecular weight is 486 g/mol. The summed E-state index contributed by atoms with van der Waals surface area (Å²) in [6.07, 6.45) is -3.82. The minimum atomic E-state index is -4.82. The Kier molecular flexibility index (Phi) is 5.98. The number of aromatic nitrogens is 3. The number of rotatable bonds is 5. The van der Waals surface area contributed by atoms with Crippen LogP contribution in [0.3, 0.4) is 0 Å². The van der Waals surface area contributed by atoms with Crippen LogP contribution in [0.4, 0.5) is 17.6 Å². The molecule has 0 N–H and O–H groups in total. The van der Waals surface area contributed by atoms with Crippen LogP contribution in [-0.4, -0.2) is 22.0 Å². The average Bonchev–Trinajstić information content (AvgIpc) is 3.33. The predicted octanol–water partition coefficient (Wildman–Crippen LogP) is 6.81. The van der Waals surface area contributed by atoms with E-state index >= 15 is 0 Å². The van der Waals surface area contributed by atoms with Crippen LogP contribution in [-0.2, 0) is 17.5 Å². The minimum Gasteiger partial charge on any atom is -0.380 e. The van der Waals surface area contributed by atoms with Gasteiger partial charge in [-0.25, -0.2) is 9.07 Å². The fourth-order valence-corrected chi connectivity index (χ4v) is 3.75. The van der Waals surface area contributed by atoms with E-state index in [-0.39, 0.29) is 44.9 Å². The first-order valence-electron chi connectivity index (χ1n) is 9.05. The molecule has 2 aromatic carbocycles. The molecule has 0 amide bonds. The van der Waals surface area contributed by atoms with Crippen molar-refractivity contribution in [2.75, 3.05) is 7.11 Å². The summed E-state index contributed by atoms with van der Waals surface area (Å²) >= 11 is 12.1. The van der Waals surface area contributed by atoms with E-state index in [1.54, 1.807) is 0 Å². The van der Waals surface area contributed by atoms with Crippen molar-refractivity contribution >= 4 is 23.2 Å². The predicted molar refractivity (Wildman–Crippen MR) is 110 cm³/mol. The van der Waals surface area contributed by atoms with E-state index in [0.717, 1.165) is 12.3 Å². The first-order chi connectivity index (χ1) is 15.2. The Morgan fingerprint density at radius 3 is 2.53 bits per heavy atom. The molecule has 0 saturated carbocycles. The quantitative estimate of drug-likeness (QED) is 0.291. The summed E-state index contributed by atoms with van der Waals surface area (Å²) in [7, 11) is 1.34. The van der Waals surface area contributed by atoms with Crippen LogP contribution in [0.15, 0.2) is 53.2 Å². The minimum absolute atomic E-state index is 0.0212. The second-order valence-electron chi connectivity index (χ2n) is 6.66. The number of halogens is 6. The molecular formula is C21H13Cl2F4N3O2. The van der Waals surface area contributed by atoms with Crippen LogP contribution in [0.1, 0.15) is 11.3 Å². The van der Waals surface area contributed by atoms with Crippen molar-refractivity contribution in [2.45, 2.75) is 12.8 Å². The summed E-state index contributed by atoms with van der Waals surface area (Å²) in [6, 6.07) is 9.79. The molecule has 0 aliphatic rings. The van der Waals surface area contributed by atoms with Crippen LogP contribution in [0.2, 0.25) is 10.0 Å². The van der Waals surface area contributed by atoms with Crippen molar-refractivity contribution in [2.24, 2.45) is 0 Å². The van der Waals surface area contributed by atoms with Crippen molar-refractivity contribution in [1.82, 2.24) is 14.9 Å².